The van der Waals surface area contributed by atoms with Gasteiger partial charge in [-0.05, 0) is 45.1 Å². The molecule has 0 saturated carbocycles. The molecule has 1 N–H and O–H groups in total. The minimum Gasteiger partial charge on any atom is -0.345 e. The van der Waals surface area contributed by atoms with Gasteiger partial charge in [-0.1, -0.05) is 62.9 Å². The Kier molecular flexibility index (Phi) is 9.54. The van der Waals surface area contributed by atoms with Gasteiger partial charge in [0.05, 0.1) is 11.5 Å². The van der Waals surface area contributed by atoms with Crippen molar-refractivity contribution in [2.75, 3.05) is 13.1 Å². The summed E-state index contributed by atoms with van der Waals surface area (Å²) in [5.41, 5.74) is 0.368. The molecule has 1 fully saturated rings. The standard InChI is InChI=1S/C25H38N2O3/c1-4-5-6-7-11-15-23(29)27-17-12-16-25(3,19-27)24(30)26-22(20(2)28)18-21-13-9-8-10-14-21/h8-10,13-14,22H,4-7,11-12,15-19H2,1-3H3,(H,26,30)/t22-,25+/m0/s1. The first-order valence-corrected chi connectivity index (χ1v) is 11.5. The predicted octanol–water partition coefficient (Wildman–Crippen LogP) is 4.29. The molecule has 2 atom stereocenters. The first kappa shape index (κ1) is 24.1. The lowest BCUT2D eigenvalue weighted by molar-refractivity contribution is -0.142. The van der Waals surface area contributed by atoms with Gasteiger partial charge < -0.3 is 10.2 Å². The third-order valence-electron chi connectivity index (χ3n) is 6.17. The average Bonchev–Trinajstić information content (AvgIpc) is 2.73. The van der Waals surface area contributed by atoms with E-state index in [1.807, 2.05) is 42.2 Å². The summed E-state index contributed by atoms with van der Waals surface area (Å²) in [6, 6.07) is 9.19. The van der Waals surface area contributed by atoms with E-state index in [1.54, 1.807) is 0 Å². The van der Waals surface area contributed by atoms with Crippen LogP contribution >= 0.6 is 0 Å². The number of piperidine rings is 1. The summed E-state index contributed by atoms with van der Waals surface area (Å²) in [5.74, 6) is -0.0247. The summed E-state index contributed by atoms with van der Waals surface area (Å²) in [6.07, 6.45) is 8.19. The van der Waals surface area contributed by atoms with Crippen molar-refractivity contribution in [2.45, 2.75) is 84.6 Å². The molecular formula is C25H38N2O3. The number of carbonyl (C=O) groups is 3. The van der Waals surface area contributed by atoms with Crippen LogP contribution in [0.3, 0.4) is 0 Å². The topological polar surface area (TPSA) is 66.5 Å². The van der Waals surface area contributed by atoms with Crippen molar-refractivity contribution < 1.29 is 14.4 Å². The van der Waals surface area contributed by atoms with Gasteiger partial charge in [-0.15, -0.1) is 0 Å². The molecule has 5 heteroatoms. The summed E-state index contributed by atoms with van der Waals surface area (Å²) >= 11 is 0. The Morgan fingerprint density at radius 3 is 2.47 bits per heavy atom. The van der Waals surface area contributed by atoms with Crippen LogP contribution in [0.25, 0.3) is 0 Å². The molecule has 0 unspecified atom stereocenters. The maximum atomic E-state index is 13.1. The Labute approximate surface area is 181 Å². The lowest BCUT2D eigenvalue weighted by Gasteiger charge is -2.40. The van der Waals surface area contributed by atoms with Crippen molar-refractivity contribution in [3.05, 3.63) is 35.9 Å². The van der Waals surface area contributed by atoms with Gasteiger partial charge in [-0.3, -0.25) is 14.4 Å². The Morgan fingerprint density at radius 1 is 1.10 bits per heavy atom. The second-order valence-corrected chi connectivity index (χ2v) is 8.97. The predicted molar refractivity (Wildman–Crippen MR) is 120 cm³/mol. The van der Waals surface area contributed by atoms with E-state index in [9.17, 15) is 14.4 Å². The molecule has 5 nitrogen and oxygen atoms in total. The van der Waals surface area contributed by atoms with Crippen molar-refractivity contribution in [3.63, 3.8) is 0 Å². The molecule has 30 heavy (non-hydrogen) atoms. The molecule has 0 aliphatic carbocycles. The van der Waals surface area contributed by atoms with Gasteiger partial charge in [0.25, 0.3) is 0 Å². The van der Waals surface area contributed by atoms with E-state index in [1.165, 1.54) is 26.2 Å². The highest BCUT2D eigenvalue weighted by atomic mass is 16.2. The average molecular weight is 415 g/mol. The van der Waals surface area contributed by atoms with Crippen molar-refractivity contribution in [1.82, 2.24) is 10.2 Å². The molecule has 1 aromatic carbocycles. The fraction of sp³-hybridized carbons (Fsp3) is 0.640. The molecular weight excluding hydrogens is 376 g/mol. The van der Waals surface area contributed by atoms with Crippen LogP contribution in [-0.2, 0) is 20.8 Å². The highest BCUT2D eigenvalue weighted by molar-refractivity contribution is 5.90. The Morgan fingerprint density at radius 2 is 1.80 bits per heavy atom. The second-order valence-electron chi connectivity index (χ2n) is 8.97. The quantitative estimate of drug-likeness (QED) is 0.549. The van der Waals surface area contributed by atoms with Crippen molar-refractivity contribution in [3.8, 4) is 0 Å². The summed E-state index contributed by atoms with van der Waals surface area (Å²) in [4.78, 5) is 39.8. The molecule has 2 rings (SSSR count). The van der Waals surface area contributed by atoms with E-state index in [0.717, 1.165) is 37.8 Å². The van der Waals surface area contributed by atoms with Gasteiger partial charge in [0.15, 0.2) is 5.78 Å². The number of unbranched alkanes of at least 4 members (excludes halogenated alkanes) is 4. The van der Waals surface area contributed by atoms with E-state index in [4.69, 9.17) is 0 Å². The summed E-state index contributed by atoms with van der Waals surface area (Å²) in [6.45, 7) is 6.77. The highest BCUT2D eigenvalue weighted by Crippen LogP contribution is 2.30. The number of amides is 2. The number of nitrogens with zero attached hydrogens (tertiary/aromatic N) is 1. The zero-order chi connectivity index (χ0) is 22.0. The second kappa shape index (κ2) is 11.9. The molecule has 0 spiro atoms. The maximum Gasteiger partial charge on any atom is 0.228 e. The van der Waals surface area contributed by atoms with E-state index >= 15 is 0 Å². The smallest absolute Gasteiger partial charge is 0.228 e. The number of Topliss-reactive ketones (excluding diaryl/α,β-unsaturated/α-hetero) is 1. The minimum absolute atomic E-state index is 0.0494. The third kappa shape index (κ3) is 7.26. The van der Waals surface area contributed by atoms with E-state index in [2.05, 4.69) is 12.2 Å². The number of hydrogen-bond acceptors (Lipinski definition) is 3. The molecule has 0 bridgehead atoms. The van der Waals surface area contributed by atoms with Crippen LogP contribution in [0.2, 0.25) is 0 Å². The molecule has 2 amide bonds. The third-order valence-corrected chi connectivity index (χ3v) is 6.17. The van der Waals surface area contributed by atoms with Gasteiger partial charge in [0, 0.05) is 19.5 Å². The van der Waals surface area contributed by atoms with Gasteiger partial charge in [-0.25, -0.2) is 0 Å². The molecule has 1 aliphatic rings. The lowest BCUT2D eigenvalue weighted by Crippen LogP contribution is -2.55. The number of likely N-dealkylation sites (tertiary alicyclic amines) is 1. The molecule has 0 aromatic heterocycles. The molecule has 1 saturated heterocycles. The van der Waals surface area contributed by atoms with Gasteiger partial charge in [0.2, 0.25) is 11.8 Å². The summed E-state index contributed by atoms with van der Waals surface area (Å²) in [7, 11) is 0. The Bertz CT molecular complexity index is 704. The van der Waals surface area contributed by atoms with E-state index in [0.29, 0.717) is 19.4 Å². The van der Waals surface area contributed by atoms with Gasteiger partial charge in [-0.2, -0.15) is 0 Å². The van der Waals surface area contributed by atoms with Crippen LogP contribution < -0.4 is 5.32 Å². The highest BCUT2D eigenvalue weighted by Gasteiger charge is 2.40. The number of carbonyl (C=O) groups excluding carboxylic acids is 3. The number of benzene rings is 1. The monoisotopic (exact) mass is 414 g/mol. The summed E-state index contributed by atoms with van der Waals surface area (Å²) in [5, 5.41) is 2.97. The van der Waals surface area contributed by atoms with Crippen LogP contribution in [0, 0.1) is 5.41 Å². The van der Waals surface area contributed by atoms with Crippen LogP contribution in [0.4, 0.5) is 0 Å². The number of hydrogen-bond donors (Lipinski definition) is 1. The van der Waals surface area contributed by atoms with E-state index in [-0.39, 0.29) is 17.6 Å². The molecule has 1 aliphatic heterocycles. The zero-order valence-corrected chi connectivity index (χ0v) is 18.9. The first-order valence-electron chi connectivity index (χ1n) is 11.5. The van der Waals surface area contributed by atoms with Crippen LogP contribution in [0.15, 0.2) is 30.3 Å². The van der Waals surface area contributed by atoms with Crippen molar-refractivity contribution in [2.24, 2.45) is 5.41 Å². The molecule has 166 valence electrons. The Balaban J connectivity index is 1.92. The Hall–Kier alpha value is -2.17. The van der Waals surface area contributed by atoms with Gasteiger partial charge >= 0.3 is 0 Å². The molecule has 1 aromatic rings. The summed E-state index contributed by atoms with van der Waals surface area (Å²) < 4.78 is 0. The van der Waals surface area contributed by atoms with Gasteiger partial charge in [0.1, 0.15) is 0 Å². The van der Waals surface area contributed by atoms with E-state index < -0.39 is 11.5 Å². The lowest BCUT2D eigenvalue weighted by atomic mass is 9.80. The zero-order valence-electron chi connectivity index (χ0n) is 18.9. The van der Waals surface area contributed by atoms with Crippen LogP contribution in [0.5, 0.6) is 0 Å². The fourth-order valence-corrected chi connectivity index (χ4v) is 4.15. The normalized spacial score (nSPS) is 19.9. The number of rotatable bonds is 11. The first-order chi connectivity index (χ1) is 14.4. The van der Waals surface area contributed by atoms with Crippen molar-refractivity contribution >= 4 is 17.6 Å². The largest absolute Gasteiger partial charge is 0.345 e. The maximum absolute atomic E-state index is 13.1. The fourth-order valence-electron chi connectivity index (χ4n) is 4.15. The number of nitrogens with one attached hydrogen (secondary N) is 1. The van der Waals surface area contributed by atoms with Crippen molar-refractivity contribution in [1.29, 1.82) is 0 Å². The number of ketones is 1. The molecule has 1 heterocycles. The van der Waals surface area contributed by atoms with Crippen LogP contribution in [0.1, 0.15) is 77.7 Å². The molecule has 0 radical (unpaired) electrons. The SMILES string of the molecule is CCCCCCCC(=O)N1CCC[C@@](C)(C(=O)N[C@@H](Cc2ccccc2)C(C)=O)C1. The minimum atomic E-state index is -0.652. The van der Waals surface area contributed by atoms with Crippen LogP contribution in [-0.4, -0.2) is 41.6 Å².